The van der Waals surface area contributed by atoms with Crippen LogP contribution in [0.5, 0.6) is 0 Å². The first-order valence-corrected chi connectivity index (χ1v) is 13.2. The quantitative estimate of drug-likeness (QED) is 0.482. The summed E-state index contributed by atoms with van der Waals surface area (Å²) >= 11 is 0. The molecule has 0 bridgehead atoms. The largest absolute Gasteiger partial charge is 0.443 e. The lowest BCUT2D eigenvalue weighted by Crippen LogP contribution is -2.49. The molecule has 0 spiro atoms. The van der Waals surface area contributed by atoms with Crippen molar-refractivity contribution in [2.75, 3.05) is 6.54 Å². The number of nitrogens with one attached hydrogen (secondary N) is 1. The lowest BCUT2D eigenvalue weighted by Gasteiger charge is -2.30. The Morgan fingerprint density at radius 2 is 1.84 bits per heavy atom. The van der Waals surface area contributed by atoms with Crippen LogP contribution < -0.4 is 5.32 Å². The van der Waals surface area contributed by atoms with Crippen LogP contribution in [0.1, 0.15) is 76.9 Å². The van der Waals surface area contributed by atoms with Gasteiger partial charge >= 0.3 is 0 Å². The van der Waals surface area contributed by atoms with Gasteiger partial charge in [-0.25, -0.2) is 4.98 Å². The van der Waals surface area contributed by atoms with E-state index in [0.29, 0.717) is 5.76 Å². The summed E-state index contributed by atoms with van der Waals surface area (Å²) < 4.78 is 7.17. The van der Waals surface area contributed by atoms with Crippen LogP contribution in [-0.2, 0) is 15.0 Å². The number of β-amino-alcohol motifs (C(OH)–C–C–N with tert-alkyl or cyclic N) is 1. The van der Waals surface area contributed by atoms with Crippen LogP contribution in [0, 0.1) is 12.8 Å². The molecule has 2 aromatic heterocycles. The fourth-order valence-electron chi connectivity index (χ4n) is 4.95. The fraction of sp³-hybridized carbons (Fsp3) is 0.517. The highest BCUT2D eigenvalue weighted by Gasteiger charge is 2.43. The predicted octanol–water partition coefficient (Wildman–Crippen LogP) is 4.18. The summed E-state index contributed by atoms with van der Waals surface area (Å²) in [5.41, 5.74) is 3.57. The van der Waals surface area contributed by atoms with E-state index in [2.05, 4.69) is 36.2 Å². The summed E-state index contributed by atoms with van der Waals surface area (Å²) in [7, 11) is 0. The molecule has 0 aliphatic carbocycles. The number of oxazole rings is 1. The van der Waals surface area contributed by atoms with Gasteiger partial charge in [0.15, 0.2) is 12.2 Å². The Kier molecular flexibility index (Phi) is 7.78. The van der Waals surface area contributed by atoms with Crippen molar-refractivity contribution in [3.05, 3.63) is 59.9 Å². The summed E-state index contributed by atoms with van der Waals surface area (Å²) in [5, 5.41) is 18.0. The molecule has 0 radical (unpaired) electrons. The molecule has 1 fully saturated rings. The van der Waals surface area contributed by atoms with Crippen molar-refractivity contribution in [1.29, 1.82) is 0 Å². The van der Waals surface area contributed by atoms with Crippen LogP contribution >= 0.6 is 0 Å². The van der Waals surface area contributed by atoms with E-state index in [0.717, 1.165) is 22.4 Å². The van der Waals surface area contributed by atoms with Crippen LogP contribution in [0.25, 0.3) is 11.3 Å². The van der Waals surface area contributed by atoms with Gasteiger partial charge in [0, 0.05) is 24.7 Å². The van der Waals surface area contributed by atoms with Crippen LogP contribution in [-0.4, -0.2) is 55.3 Å². The van der Waals surface area contributed by atoms with E-state index in [9.17, 15) is 14.7 Å². The molecule has 1 aliphatic heterocycles. The number of aliphatic hydroxyl groups is 1. The third-order valence-electron chi connectivity index (χ3n) is 7.28. The van der Waals surface area contributed by atoms with Gasteiger partial charge in [-0.3, -0.25) is 14.3 Å². The Morgan fingerprint density at radius 1 is 1.16 bits per heavy atom. The number of benzene rings is 1. The number of carbonyl (C=O) groups excluding carboxylic acids is 2. The first kappa shape index (κ1) is 27.6. The summed E-state index contributed by atoms with van der Waals surface area (Å²) in [4.78, 5) is 32.8. The van der Waals surface area contributed by atoms with E-state index in [1.165, 1.54) is 11.3 Å². The van der Waals surface area contributed by atoms with Gasteiger partial charge in [0.1, 0.15) is 12.1 Å². The summed E-state index contributed by atoms with van der Waals surface area (Å²) in [5.74, 6) is 0.173. The van der Waals surface area contributed by atoms with Crippen molar-refractivity contribution in [3.8, 4) is 11.3 Å². The molecule has 1 aromatic carbocycles. The van der Waals surface area contributed by atoms with Gasteiger partial charge < -0.3 is 19.7 Å². The van der Waals surface area contributed by atoms with Gasteiger partial charge in [-0.1, -0.05) is 58.9 Å². The second kappa shape index (κ2) is 10.7. The smallest absolute Gasteiger partial charge is 0.248 e. The van der Waals surface area contributed by atoms with Crippen molar-refractivity contribution < 1.29 is 19.1 Å². The highest BCUT2D eigenvalue weighted by Crippen LogP contribution is 2.30. The van der Waals surface area contributed by atoms with E-state index in [1.807, 2.05) is 58.2 Å². The Morgan fingerprint density at radius 3 is 2.39 bits per heavy atom. The van der Waals surface area contributed by atoms with E-state index < -0.39 is 18.2 Å². The van der Waals surface area contributed by atoms with E-state index in [-0.39, 0.29) is 42.2 Å². The molecule has 4 atom stereocenters. The minimum absolute atomic E-state index is 0.0536. The molecule has 204 valence electrons. The molecule has 38 heavy (non-hydrogen) atoms. The fourth-order valence-corrected chi connectivity index (χ4v) is 4.95. The Balaban J connectivity index is 1.49. The van der Waals surface area contributed by atoms with Gasteiger partial charge in [-0.2, -0.15) is 5.10 Å². The number of hydrogen-bond acceptors (Lipinski definition) is 6. The first-order chi connectivity index (χ1) is 17.9. The summed E-state index contributed by atoms with van der Waals surface area (Å²) in [6.45, 7) is 14.1. The molecular weight excluding hydrogens is 482 g/mol. The zero-order chi connectivity index (χ0) is 27.8. The normalized spacial score (nSPS) is 19.6. The Labute approximate surface area is 224 Å². The molecule has 9 nitrogen and oxygen atoms in total. The van der Waals surface area contributed by atoms with Crippen molar-refractivity contribution in [2.24, 2.45) is 5.92 Å². The van der Waals surface area contributed by atoms with Crippen molar-refractivity contribution in [1.82, 2.24) is 25.0 Å². The van der Waals surface area contributed by atoms with Gasteiger partial charge in [-0.05, 0) is 36.3 Å². The summed E-state index contributed by atoms with van der Waals surface area (Å²) in [6, 6.07) is 6.13. The average Bonchev–Trinajstić information content (AvgIpc) is 3.58. The van der Waals surface area contributed by atoms with E-state index >= 15 is 0 Å². The third-order valence-corrected chi connectivity index (χ3v) is 7.28. The Bertz CT molecular complexity index is 1270. The highest BCUT2D eigenvalue weighted by molar-refractivity contribution is 5.90. The maximum absolute atomic E-state index is 13.8. The van der Waals surface area contributed by atoms with Gasteiger partial charge in [0.05, 0.1) is 24.0 Å². The molecule has 0 saturated carbocycles. The SMILES string of the molecule is Cc1ncoc1-c1ccc(C(C)NC(=O)C2CC(O)CN2C(=O)C(C(C)C)n2cc(C(C)(C)C)cn2)cc1. The molecule has 9 heteroatoms. The van der Waals surface area contributed by atoms with Crippen molar-refractivity contribution >= 4 is 11.8 Å². The zero-order valence-electron chi connectivity index (χ0n) is 23.3. The molecular formula is C29H39N5O4. The summed E-state index contributed by atoms with van der Waals surface area (Å²) in [6.07, 6.45) is 4.57. The molecule has 4 unspecified atom stereocenters. The molecule has 1 saturated heterocycles. The maximum atomic E-state index is 13.8. The monoisotopic (exact) mass is 521 g/mol. The van der Waals surface area contributed by atoms with Crippen LogP contribution in [0.2, 0.25) is 0 Å². The van der Waals surface area contributed by atoms with Gasteiger partial charge in [0.2, 0.25) is 11.8 Å². The minimum Gasteiger partial charge on any atom is -0.443 e. The highest BCUT2D eigenvalue weighted by atomic mass is 16.3. The van der Waals surface area contributed by atoms with Gasteiger partial charge in [-0.15, -0.1) is 0 Å². The number of aromatic nitrogens is 3. The standard InChI is InChI=1S/C29H39N5O4/c1-17(2)25(34-14-22(13-31-34)29(5,6)7)28(37)33-15-23(35)12-24(33)27(36)32-18(3)20-8-10-21(11-9-20)26-19(4)30-16-38-26/h8-11,13-14,16-18,23-25,35H,12,15H2,1-7H3,(H,32,36). The zero-order valence-corrected chi connectivity index (χ0v) is 23.3. The minimum atomic E-state index is -0.759. The van der Waals surface area contributed by atoms with Crippen LogP contribution in [0.4, 0.5) is 0 Å². The van der Waals surface area contributed by atoms with Gasteiger partial charge in [0.25, 0.3) is 0 Å². The lowest BCUT2D eigenvalue weighted by atomic mass is 9.90. The number of carbonyl (C=O) groups is 2. The number of rotatable bonds is 7. The lowest BCUT2D eigenvalue weighted by molar-refractivity contribution is -0.142. The van der Waals surface area contributed by atoms with Crippen LogP contribution in [0.15, 0.2) is 47.5 Å². The van der Waals surface area contributed by atoms with E-state index in [1.54, 1.807) is 10.9 Å². The number of aryl methyl sites for hydroxylation is 1. The molecule has 3 aromatic rings. The number of aliphatic hydroxyl groups excluding tert-OH is 1. The first-order valence-electron chi connectivity index (χ1n) is 13.2. The average molecular weight is 522 g/mol. The number of likely N-dealkylation sites (tertiary alicyclic amines) is 1. The molecule has 2 N–H and O–H groups in total. The third kappa shape index (κ3) is 5.67. The number of nitrogens with zero attached hydrogens (tertiary/aromatic N) is 4. The Hall–Kier alpha value is -3.46. The van der Waals surface area contributed by atoms with Crippen LogP contribution in [0.3, 0.4) is 0 Å². The second-order valence-electron chi connectivity index (χ2n) is 11.7. The van der Waals surface area contributed by atoms with E-state index in [4.69, 9.17) is 4.42 Å². The second-order valence-corrected chi connectivity index (χ2v) is 11.7. The molecule has 4 rings (SSSR count). The predicted molar refractivity (Wildman–Crippen MR) is 144 cm³/mol. The number of amides is 2. The topological polar surface area (TPSA) is 113 Å². The number of hydrogen-bond donors (Lipinski definition) is 2. The van der Waals surface area contributed by atoms with Crippen molar-refractivity contribution in [2.45, 2.75) is 84.5 Å². The molecule has 3 heterocycles. The van der Waals surface area contributed by atoms with Crippen molar-refractivity contribution in [3.63, 3.8) is 0 Å². The maximum Gasteiger partial charge on any atom is 0.248 e. The molecule has 2 amide bonds. The molecule has 1 aliphatic rings.